The number of carbonyl (C=O) groups is 2. The quantitative estimate of drug-likeness (QED) is 0.475. The normalized spacial score (nSPS) is 12.1. The standard InChI is InChI=1S/C7H9N3O4/c11-3-5(7(13)14)10-6(12)4-1-8-9-2-4/h1-2,5,11H,3H2,(H,8,9)(H,10,12)(H,13,14)/t5-/m1/s1. The van der Waals surface area contributed by atoms with Crippen molar-refractivity contribution in [3.8, 4) is 0 Å². The molecule has 0 aromatic carbocycles. The Hall–Kier alpha value is -1.89. The Morgan fingerprint density at radius 3 is 2.79 bits per heavy atom. The Morgan fingerprint density at radius 1 is 1.64 bits per heavy atom. The number of aliphatic hydroxyl groups is 1. The molecule has 0 aliphatic carbocycles. The molecule has 0 saturated heterocycles. The van der Waals surface area contributed by atoms with Crippen molar-refractivity contribution in [1.29, 1.82) is 0 Å². The predicted molar refractivity (Wildman–Crippen MR) is 44.6 cm³/mol. The Morgan fingerprint density at radius 2 is 2.36 bits per heavy atom. The van der Waals surface area contributed by atoms with E-state index in [9.17, 15) is 9.59 Å². The van der Waals surface area contributed by atoms with E-state index in [-0.39, 0.29) is 5.56 Å². The summed E-state index contributed by atoms with van der Waals surface area (Å²) in [5.74, 6) is -1.88. The van der Waals surface area contributed by atoms with E-state index in [2.05, 4.69) is 15.5 Å². The third-order valence-corrected chi connectivity index (χ3v) is 1.55. The van der Waals surface area contributed by atoms with Gasteiger partial charge in [-0.3, -0.25) is 9.89 Å². The van der Waals surface area contributed by atoms with E-state index in [0.717, 1.165) is 0 Å². The van der Waals surface area contributed by atoms with E-state index < -0.39 is 24.5 Å². The van der Waals surface area contributed by atoms with Gasteiger partial charge in [0.25, 0.3) is 5.91 Å². The van der Waals surface area contributed by atoms with Crippen LogP contribution in [0, 0.1) is 0 Å². The van der Waals surface area contributed by atoms with Gasteiger partial charge in [-0.15, -0.1) is 0 Å². The lowest BCUT2D eigenvalue weighted by molar-refractivity contribution is -0.140. The summed E-state index contributed by atoms with van der Waals surface area (Å²) in [6.45, 7) is -0.654. The topological polar surface area (TPSA) is 115 Å². The van der Waals surface area contributed by atoms with E-state index in [0.29, 0.717) is 0 Å². The number of carboxylic acid groups (broad SMARTS) is 1. The number of carbonyl (C=O) groups excluding carboxylic acids is 1. The Kier molecular flexibility index (Phi) is 3.19. The third-order valence-electron chi connectivity index (χ3n) is 1.55. The highest BCUT2D eigenvalue weighted by molar-refractivity contribution is 5.96. The zero-order valence-corrected chi connectivity index (χ0v) is 7.10. The summed E-state index contributed by atoms with van der Waals surface area (Å²) in [6.07, 6.45) is 2.58. The van der Waals surface area contributed by atoms with Crippen molar-refractivity contribution in [2.45, 2.75) is 6.04 Å². The van der Waals surface area contributed by atoms with Gasteiger partial charge in [-0.2, -0.15) is 5.10 Å². The molecule has 0 unspecified atom stereocenters. The average Bonchev–Trinajstić information content (AvgIpc) is 2.65. The summed E-state index contributed by atoms with van der Waals surface area (Å²) < 4.78 is 0. The molecule has 7 nitrogen and oxygen atoms in total. The number of hydrogen-bond acceptors (Lipinski definition) is 4. The van der Waals surface area contributed by atoms with Gasteiger partial charge < -0.3 is 15.5 Å². The number of aromatic nitrogens is 2. The lowest BCUT2D eigenvalue weighted by Crippen LogP contribution is -2.43. The minimum Gasteiger partial charge on any atom is -0.480 e. The van der Waals surface area contributed by atoms with Gasteiger partial charge in [-0.1, -0.05) is 0 Å². The molecule has 1 amide bonds. The van der Waals surface area contributed by atoms with Crippen LogP contribution in [0.3, 0.4) is 0 Å². The summed E-state index contributed by atoms with van der Waals surface area (Å²) >= 11 is 0. The van der Waals surface area contributed by atoms with E-state index in [1.165, 1.54) is 12.4 Å². The van der Waals surface area contributed by atoms with E-state index in [4.69, 9.17) is 10.2 Å². The fourth-order valence-corrected chi connectivity index (χ4v) is 0.802. The highest BCUT2D eigenvalue weighted by atomic mass is 16.4. The highest BCUT2D eigenvalue weighted by Crippen LogP contribution is 1.94. The van der Waals surface area contributed by atoms with Gasteiger partial charge in [-0.05, 0) is 0 Å². The van der Waals surface area contributed by atoms with Crippen LogP contribution in [0.1, 0.15) is 10.4 Å². The SMILES string of the molecule is O=C(N[C@H](CO)C(=O)O)c1cn[nH]c1. The van der Waals surface area contributed by atoms with Crippen LogP contribution in [0.15, 0.2) is 12.4 Å². The molecule has 0 spiro atoms. The molecule has 76 valence electrons. The van der Waals surface area contributed by atoms with Crippen molar-refractivity contribution < 1.29 is 19.8 Å². The van der Waals surface area contributed by atoms with Crippen LogP contribution in [-0.4, -0.2) is 44.9 Å². The summed E-state index contributed by atoms with van der Waals surface area (Å²) in [4.78, 5) is 21.7. The number of H-pyrrole nitrogens is 1. The predicted octanol–water partition coefficient (Wildman–Crippen LogP) is -1.41. The molecule has 1 heterocycles. The lowest BCUT2D eigenvalue weighted by atomic mass is 10.2. The minimum atomic E-state index is -1.29. The van der Waals surface area contributed by atoms with Gasteiger partial charge in [0.05, 0.1) is 18.4 Å². The first-order chi connectivity index (χ1) is 6.65. The number of nitrogens with one attached hydrogen (secondary N) is 2. The summed E-state index contributed by atoms with van der Waals surface area (Å²) in [5, 5.41) is 25.2. The largest absolute Gasteiger partial charge is 0.480 e. The smallest absolute Gasteiger partial charge is 0.328 e. The molecule has 0 saturated carbocycles. The van der Waals surface area contributed by atoms with Gasteiger partial charge in [0.15, 0.2) is 6.04 Å². The fourth-order valence-electron chi connectivity index (χ4n) is 0.802. The van der Waals surface area contributed by atoms with Crippen molar-refractivity contribution in [2.75, 3.05) is 6.61 Å². The van der Waals surface area contributed by atoms with E-state index in [1.807, 2.05) is 0 Å². The molecule has 0 aliphatic rings. The molecular weight excluding hydrogens is 190 g/mol. The average molecular weight is 199 g/mol. The first kappa shape index (κ1) is 10.2. The maximum atomic E-state index is 11.2. The molecule has 7 heteroatoms. The van der Waals surface area contributed by atoms with E-state index in [1.54, 1.807) is 0 Å². The molecular formula is C7H9N3O4. The summed E-state index contributed by atoms with van der Waals surface area (Å²) in [6, 6.07) is -1.29. The monoisotopic (exact) mass is 199 g/mol. The van der Waals surface area contributed by atoms with Crippen molar-refractivity contribution in [3.05, 3.63) is 18.0 Å². The number of rotatable bonds is 4. The van der Waals surface area contributed by atoms with Crippen LogP contribution in [0.4, 0.5) is 0 Å². The Bertz CT molecular complexity index is 322. The molecule has 1 aromatic rings. The van der Waals surface area contributed by atoms with Crippen LogP contribution < -0.4 is 5.32 Å². The Labute approximate surface area is 78.7 Å². The summed E-state index contributed by atoms with van der Waals surface area (Å²) in [5.41, 5.74) is 0.213. The maximum absolute atomic E-state index is 11.2. The van der Waals surface area contributed by atoms with Crippen molar-refractivity contribution in [3.63, 3.8) is 0 Å². The van der Waals surface area contributed by atoms with Crippen LogP contribution in [0.5, 0.6) is 0 Å². The number of aliphatic hydroxyl groups excluding tert-OH is 1. The van der Waals surface area contributed by atoms with Crippen LogP contribution in [0.2, 0.25) is 0 Å². The second kappa shape index (κ2) is 4.38. The zero-order chi connectivity index (χ0) is 10.6. The molecule has 1 rings (SSSR count). The van der Waals surface area contributed by atoms with Crippen molar-refractivity contribution in [1.82, 2.24) is 15.5 Å². The molecule has 14 heavy (non-hydrogen) atoms. The third kappa shape index (κ3) is 2.30. The molecule has 0 fully saturated rings. The fraction of sp³-hybridized carbons (Fsp3) is 0.286. The van der Waals surface area contributed by atoms with Gasteiger partial charge >= 0.3 is 5.97 Å². The molecule has 0 bridgehead atoms. The maximum Gasteiger partial charge on any atom is 0.328 e. The number of carboxylic acids is 1. The van der Waals surface area contributed by atoms with Gasteiger partial charge in [0, 0.05) is 6.20 Å². The van der Waals surface area contributed by atoms with Gasteiger partial charge in [-0.25, -0.2) is 4.79 Å². The Balaban J connectivity index is 2.60. The van der Waals surface area contributed by atoms with Gasteiger partial charge in [0.2, 0.25) is 0 Å². The van der Waals surface area contributed by atoms with Crippen molar-refractivity contribution in [2.24, 2.45) is 0 Å². The van der Waals surface area contributed by atoms with Crippen LogP contribution in [-0.2, 0) is 4.79 Å². The molecule has 0 radical (unpaired) electrons. The molecule has 1 aromatic heterocycles. The van der Waals surface area contributed by atoms with Crippen LogP contribution in [0.25, 0.3) is 0 Å². The highest BCUT2D eigenvalue weighted by Gasteiger charge is 2.19. The number of aliphatic carboxylic acids is 1. The van der Waals surface area contributed by atoms with E-state index >= 15 is 0 Å². The first-order valence-electron chi connectivity index (χ1n) is 3.78. The van der Waals surface area contributed by atoms with Crippen molar-refractivity contribution >= 4 is 11.9 Å². The molecule has 0 aliphatic heterocycles. The number of nitrogens with zero attached hydrogens (tertiary/aromatic N) is 1. The van der Waals surface area contributed by atoms with Crippen LogP contribution >= 0.6 is 0 Å². The number of amides is 1. The van der Waals surface area contributed by atoms with Gasteiger partial charge in [0.1, 0.15) is 0 Å². The number of aromatic amines is 1. The first-order valence-corrected chi connectivity index (χ1v) is 3.78. The summed E-state index contributed by atoms with van der Waals surface area (Å²) in [7, 11) is 0. The minimum absolute atomic E-state index is 0.213. The molecule has 1 atom stereocenters. The second-order valence-corrected chi connectivity index (χ2v) is 2.53. The molecule has 4 N–H and O–H groups in total. The number of hydrogen-bond donors (Lipinski definition) is 4. The lowest BCUT2D eigenvalue weighted by Gasteiger charge is -2.09. The second-order valence-electron chi connectivity index (χ2n) is 2.53. The zero-order valence-electron chi connectivity index (χ0n) is 7.10.